The fourth-order valence-electron chi connectivity index (χ4n) is 1.59. The largest absolute Gasteiger partial charge is 0.475 e. The predicted molar refractivity (Wildman–Crippen MR) is 63.8 cm³/mol. The maximum atomic E-state index is 11.4. The lowest BCUT2D eigenvalue weighted by Gasteiger charge is -2.03. The molecule has 0 aliphatic rings. The Morgan fingerprint density at radius 1 is 1.39 bits per heavy atom. The van der Waals surface area contributed by atoms with E-state index in [4.69, 9.17) is 14.3 Å². The minimum absolute atomic E-state index is 0.108. The number of anilines is 1. The molecule has 0 aliphatic carbocycles. The van der Waals surface area contributed by atoms with Crippen LogP contribution in [0.15, 0.2) is 28.7 Å². The minimum atomic E-state index is -1.25. The summed E-state index contributed by atoms with van der Waals surface area (Å²) < 4.78 is 9.88. The molecule has 0 aliphatic heterocycles. The lowest BCUT2D eigenvalue weighted by atomic mass is 10.2. The van der Waals surface area contributed by atoms with Crippen LogP contribution in [0, 0.1) is 0 Å². The highest BCUT2D eigenvalue weighted by Crippen LogP contribution is 2.30. The van der Waals surface area contributed by atoms with Crippen LogP contribution in [0.25, 0.3) is 11.0 Å². The van der Waals surface area contributed by atoms with Crippen molar-refractivity contribution in [2.24, 2.45) is 0 Å². The van der Waals surface area contributed by atoms with E-state index in [1.54, 1.807) is 31.2 Å². The van der Waals surface area contributed by atoms with E-state index in [-0.39, 0.29) is 18.1 Å². The van der Waals surface area contributed by atoms with E-state index in [0.29, 0.717) is 11.0 Å². The number of fused-ring (bicyclic) bond motifs is 1. The van der Waals surface area contributed by atoms with Crippen LogP contribution < -0.4 is 5.32 Å². The number of nitrogens with one attached hydrogen (secondary N) is 1. The molecule has 94 valence electrons. The van der Waals surface area contributed by atoms with Crippen LogP contribution in [0.1, 0.15) is 17.5 Å². The van der Waals surface area contributed by atoms with Crippen LogP contribution >= 0.6 is 0 Å². The van der Waals surface area contributed by atoms with Crippen LogP contribution in [0.2, 0.25) is 0 Å². The van der Waals surface area contributed by atoms with E-state index < -0.39 is 12.1 Å². The molecule has 0 bridgehead atoms. The Morgan fingerprint density at radius 2 is 2.11 bits per heavy atom. The minimum Gasteiger partial charge on any atom is -0.475 e. The van der Waals surface area contributed by atoms with Gasteiger partial charge in [0.25, 0.3) is 0 Å². The van der Waals surface area contributed by atoms with Crippen LogP contribution in [-0.4, -0.2) is 23.8 Å². The molecular formula is C12H11NO5. The molecule has 6 nitrogen and oxygen atoms in total. The summed E-state index contributed by atoms with van der Waals surface area (Å²) in [4.78, 5) is 22.4. The van der Waals surface area contributed by atoms with Gasteiger partial charge in [0.05, 0.1) is 6.61 Å². The third-order valence-electron chi connectivity index (χ3n) is 2.29. The number of ether oxygens (including phenoxy) is 1. The molecule has 0 fully saturated rings. The zero-order valence-corrected chi connectivity index (χ0v) is 9.60. The first-order chi connectivity index (χ1) is 8.63. The number of para-hydroxylation sites is 1. The van der Waals surface area contributed by atoms with E-state index in [2.05, 4.69) is 5.32 Å². The normalized spacial score (nSPS) is 10.3. The molecule has 2 aromatic rings. The van der Waals surface area contributed by atoms with Crippen molar-refractivity contribution in [2.45, 2.75) is 6.92 Å². The van der Waals surface area contributed by atoms with Crippen LogP contribution in [0.4, 0.5) is 10.5 Å². The maximum absolute atomic E-state index is 11.4. The molecule has 0 saturated heterocycles. The number of amides is 1. The Kier molecular flexibility index (Phi) is 3.18. The number of aromatic carboxylic acids is 1. The summed E-state index contributed by atoms with van der Waals surface area (Å²) in [7, 11) is 0. The number of carboxylic acids is 1. The molecule has 1 aromatic heterocycles. The molecule has 6 heteroatoms. The molecular weight excluding hydrogens is 238 g/mol. The Bertz CT molecular complexity index is 602. The van der Waals surface area contributed by atoms with Crippen LogP contribution in [-0.2, 0) is 4.74 Å². The summed E-state index contributed by atoms with van der Waals surface area (Å²) in [5.74, 6) is -1.57. The standard InChI is InChI=1S/C12H11NO5/c1-2-17-12(16)13-9-7-5-3-4-6-8(7)18-10(9)11(14)15/h3-6H,2H2,1H3,(H,13,16)(H,14,15). The van der Waals surface area contributed by atoms with Crippen molar-refractivity contribution in [3.05, 3.63) is 30.0 Å². The Balaban J connectivity index is 2.48. The summed E-state index contributed by atoms with van der Waals surface area (Å²) >= 11 is 0. The first-order valence-corrected chi connectivity index (χ1v) is 5.32. The van der Waals surface area contributed by atoms with Gasteiger partial charge in [-0.1, -0.05) is 12.1 Å². The molecule has 1 heterocycles. The van der Waals surface area contributed by atoms with Gasteiger partial charge < -0.3 is 14.3 Å². The second kappa shape index (κ2) is 4.79. The van der Waals surface area contributed by atoms with Gasteiger partial charge in [-0.05, 0) is 19.1 Å². The van der Waals surface area contributed by atoms with Gasteiger partial charge in [0.15, 0.2) is 0 Å². The quantitative estimate of drug-likeness (QED) is 0.872. The summed E-state index contributed by atoms with van der Waals surface area (Å²) in [6.45, 7) is 1.86. The van der Waals surface area contributed by atoms with Crippen molar-refractivity contribution in [3.8, 4) is 0 Å². The number of benzene rings is 1. The van der Waals surface area contributed by atoms with Crippen molar-refractivity contribution in [1.82, 2.24) is 0 Å². The summed E-state index contributed by atoms with van der Waals surface area (Å²) in [5, 5.41) is 11.9. The van der Waals surface area contributed by atoms with Crippen molar-refractivity contribution >= 4 is 28.7 Å². The van der Waals surface area contributed by atoms with Crippen molar-refractivity contribution in [3.63, 3.8) is 0 Å². The topological polar surface area (TPSA) is 88.8 Å². The fourth-order valence-corrected chi connectivity index (χ4v) is 1.59. The summed E-state index contributed by atoms with van der Waals surface area (Å²) in [5.41, 5.74) is 0.498. The van der Waals surface area contributed by atoms with Crippen molar-refractivity contribution in [2.75, 3.05) is 11.9 Å². The van der Waals surface area contributed by atoms with Gasteiger partial charge in [-0.15, -0.1) is 0 Å². The van der Waals surface area contributed by atoms with Crippen molar-refractivity contribution in [1.29, 1.82) is 0 Å². The fraction of sp³-hybridized carbons (Fsp3) is 0.167. The second-order valence-electron chi connectivity index (χ2n) is 3.45. The zero-order valence-electron chi connectivity index (χ0n) is 9.60. The Labute approximate surface area is 102 Å². The van der Waals surface area contributed by atoms with E-state index in [1.165, 1.54) is 0 Å². The third-order valence-corrected chi connectivity index (χ3v) is 2.29. The van der Waals surface area contributed by atoms with Gasteiger partial charge in [-0.2, -0.15) is 0 Å². The molecule has 0 spiro atoms. The number of furan rings is 1. The van der Waals surface area contributed by atoms with E-state index in [0.717, 1.165) is 0 Å². The SMILES string of the molecule is CCOC(=O)Nc1c(C(=O)O)oc2ccccc12. The number of hydrogen-bond acceptors (Lipinski definition) is 4. The van der Waals surface area contributed by atoms with Gasteiger partial charge in [0.1, 0.15) is 11.3 Å². The third kappa shape index (κ3) is 2.13. The summed E-state index contributed by atoms with van der Waals surface area (Å²) in [6.07, 6.45) is -0.716. The average molecular weight is 249 g/mol. The first-order valence-electron chi connectivity index (χ1n) is 5.32. The molecule has 0 unspecified atom stereocenters. The van der Waals surface area contributed by atoms with E-state index in [9.17, 15) is 9.59 Å². The van der Waals surface area contributed by atoms with Gasteiger partial charge in [0, 0.05) is 5.39 Å². The van der Waals surface area contributed by atoms with E-state index >= 15 is 0 Å². The highest BCUT2D eigenvalue weighted by Gasteiger charge is 2.21. The molecule has 2 rings (SSSR count). The molecule has 2 N–H and O–H groups in total. The lowest BCUT2D eigenvalue weighted by Crippen LogP contribution is -2.15. The molecule has 18 heavy (non-hydrogen) atoms. The first kappa shape index (κ1) is 12.0. The molecule has 1 aromatic carbocycles. The lowest BCUT2D eigenvalue weighted by molar-refractivity contribution is 0.0666. The highest BCUT2D eigenvalue weighted by atomic mass is 16.5. The van der Waals surface area contributed by atoms with E-state index in [1.807, 2.05) is 0 Å². The average Bonchev–Trinajstić information content (AvgIpc) is 2.69. The summed E-state index contributed by atoms with van der Waals surface area (Å²) in [6, 6.07) is 6.72. The highest BCUT2D eigenvalue weighted by molar-refractivity contribution is 6.07. The maximum Gasteiger partial charge on any atom is 0.411 e. The Hall–Kier alpha value is -2.50. The molecule has 0 atom stereocenters. The zero-order chi connectivity index (χ0) is 13.1. The van der Waals surface area contributed by atoms with Crippen LogP contribution in [0.3, 0.4) is 0 Å². The van der Waals surface area contributed by atoms with Crippen LogP contribution in [0.5, 0.6) is 0 Å². The number of carboxylic acid groups (broad SMARTS) is 1. The number of carbonyl (C=O) groups is 2. The smallest absolute Gasteiger partial charge is 0.411 e. The molecule has 1 amide bonds. The van der Waals surface area contributed by atoms with Gasteiger partial charge in [-0.25, -0.2) is 9.59 Å². The van der Waals surface area contributed by atoms with Gasteiger partial charge in [0.2, 0.25) is 5.76 Å². The Morgan fingerprint density at radius 3 is 2.78 bits per heavy atom. The number of carbonyl (C=O) groups excluding carboxylic acids is 1. The monoisotopic (exact) mass is 249 g/mol. The predicted octanol–water partition coefficient (Wildman–Crippen LogP) is 2.70. The van der Waals surface area contributed by atoms with Gasteiger partial charge in [-0.3, -0.25) is 5.32 Å². The number of rotatable bonds is 3. The molecule has 0 radical (unpaired) electrons. The van der Waals surface area contributed by atoms with Crippen molar-refractivity contribution < 1.29 is 23.8 Å². The second-order valence-corrected chi connectivity index (χ2v) is 3.45. The molecule has 0 saturated carbocycles. The van der Waals surface area contributed by atoms with Gasteiger partial charge >= 0.3 is 12.1 Å². The number of hydrogen-bond donors (Lipinski definition) is 2.